The SMILES string of the molecule is Cc1c(Cl)cccc1NC(=O)CN1CCN(C(=O)N2CCOCC2)CC1. The highest BCUT2D eigenvalue weighted by molar-refractivity contribution is 6.31. The van der Waals surface area contributed by atoms with Gasteiger partial charge >= 0.3 is 6.03 Å². The summed E-state index contributed by atoms with van der Waals surface area (Å²) in [5.74, 6) is -0.0664. The lowest BCUT2D eigenvalue weighted by Gasteiger charge is -2.38. The molecule has 142 valence electrons. The van der Waals surface area contributed by atoms with Crippen LogP contribution in [0.4, 0.5) is 10.5 Å². The lowest BCUT2D eigenvalue weighted by Crippen LogP contribution is -2.55. The Balaban J connectivity index is 1.45. The molecule has 2 aliphatic rings. The Morgan fingerprint density at radius 3 is 2.42 bits per heavy atom. The van der Waals surface area contributed by atoms with Gasteiger partial charge < -0.3 is 19.9 Å². The van der Waals surface area contributed by atoms with Crippen molar-refractivity contribution >= 4 is 29.2 Å². The van der Waals surface area contributed by atoms with Gasteiger partial charge in [0.05, 0.1) is 19.8 Å². The van der Waals surface area contributed by atoms with E-state index in [9.17, 15) is 9.59 Å². The molecule has 0 unspecified atom stereocenters. The topological polar surface area (TPSA) is 65.1 Å². The van der Waals surface area contributed by atoms with Crippen LogP contribution in [-0.2, 0) is 9.53 Å². The largest absolute Gasteiger partial charge is 0.378 e. The van der Waals surface area contributed by atoms with Crippen molar-refractivity contribution < 1.29 is 14.3 Å². The van der Waals surface area contributed by atoms with E-state index >= 15 is 0 Å². The number of carbonyl (C=O) groups is 2. The maximum atomic E-state index is 12.5. The second kappa shape index (κ2) is 8.70. The van der Waals surface area contributed by atoms with E-state index in [1.54, 1.807) is 6.07 Å². The number of piperazine rings is 1. The van der Waals surface area contributed by atoms with Gasteiger partial charge in [0.25, 0.3) is 0 Å². The van der Waals surface area contributed by atoms with Crippen molar-refractivity contribution in [2.24, 2.45) is 0 Å². The van der Waals surface area contributed by atoms with Gasteiger partial charge in [0.2, 0.25) is 5.91 Å². The third kappa shape index (κ3) is 4.66. The molecule has 8 heteroatoms. The molecule has 0 bridgehead atoms. The predicted molar refractivity (Wildman–Crippen MR) is 101 cm³/mol. The standard InChI is InChI=1S/C18H25ClN4O3/c1-14-15(19)3-2-4-16(14)20-17(24)13-21-5-7-22(8-6-21)18(25)23-9-11-26-12-10-23/h2-4H,5-13H2,1H3,(H,20,24). The van der Waals surface area contributed by atoms with Crippen LogP contribution in [0.3, 0.4) is 0 Å². The number of hydrogen-bond donors (Lipinski definition) is 1. The first kappa shape index (κ1) is 18.9. The summed E-state index contributed by atoms with van der Waals surface area (Å²) in [6.07, 6.45) is 0. The van der Waals surface area contributed by atoms with Gasteiger partial charge in [0, 0.05) is 50.0 Å². The Kier molecular flexibility index (Phi) is 6.34. The number of nitrogens with zero attached hydrogens (tertiary/aromatic N) is 3. The summed E-state index contributed by atoms with van der Waals surface area (Å²) in [6.45, 7) is 7.37. The van der Waals surface area contributed by atoms with Crippen LogP contribution >= 0.6 is 11.6 Å². The number of rotatable bonds is 3. The van der Waals surface area contributed by atoms with E-state index in [1.165, 1.54) is 0 Å². The Hall–Kier alpha value is -1.83. The zero-order valence-corrected chi connectivity index (χ0v) is 15.8. The molecule has 0 saturated carbocycles. The van der Waals surface area contributed by atoms with Crippen LogP contribution in [-0.4, -0.2) is 85.7 Å². The average molecular weight is 381 g/mol. The van der Waals surface area contributed by atoms with Crippen LogP contribution in [0.2, 0.25) is 5.02 Å². The maximum absolute atomic E-state index is 12.5. The maximum Gasteiger partial charge on any atom is 0.320 e. The molecule has 3 rings (SSSR count). The van der Waals surface area contributed by atoms with Crippen molar-refractivity contribution in [2.45, 2.75) is 6.92 Å². The first-order valence-corrected chi connectivity index (χ1v) is 9.31. The highest BCUT2D eigenvalue weighted by atomic mass is 35.5. The normalized spacial score (nSPS) is 18.7. The minimum absolute atomic E-state index is 0.0664. The first-order chi connectivity index (χ1) is 12.5. The van der Waals surface area contributed by atoms with E-state index in [0.717, 1.165) is 11.3 Å². The summed E-state index contributed by atoms with van der Waals surface area (Å²) in [5.41, 5.74) is 1.60. The number of amides is 3. The van der Waals surface area contributed by atoms with E-state index < -0.39 is 0 Å². The fraction of sp³-hybridized carbons (Fsp3) is 0.556. The zero-order chi connectivity index (χ0) is 18.5. The summed E-state index contributed by atoms with van der Waals surface area (Å²) in [7, 11) is 0. The molecule has 2 saturated heterocycles. The molecule has 7 nitrogen and oxygen atoms in total. The number of morpholine rings is 1. The molecule has 3 amide bonds. The lowest BCUT2D eigenvalue weighted by atomic mass is 10.2. The van der Waals surface area contributed by atoms with Crippen molar-refractivity contribution in [3.63, 3.8) is 0 Å². The second-order valence-corrected chi connectivity index (χ2v) is 7.01. The van der Waals surface area contributed by atoms with Crippen LogP contribution in [0.15, 0.2) is 18.2 Å². The number of nitrogens with one attached hydrogen (secondary N) is 1. The molecule has 2 fully saturated rings. The monoisotopic (exact) mass is 380 g/mol. The van der Waals surface area contributed by atoms with Gasteiger partial charge in [0.1, 0.15) is 0 Å². The van der Waals surface area contributed by atoms with E-state index in [0.29, 0.717) is 64.0 Å². The molecule has 1 aromatic carbocycles. The third-order valence-electron chi connectivity index (χ3n) is 4.83. The van der Waals surface area contributed by atoms with Crippen molar-refractivity contribution in [3.05, 3.63) is 28.8 Å². The molecule has 0 atom stereocenters. The molecule has 0 aliphatic carbocycles. The van der Waals surface area contributed by atoms with Gasteiger partial charge in [-0.1, -0.05) is 17.7 Å². The fourth-order valence-corrected chi connectivity index (χ4v) is 3.36. The fourth-order valence-electron chi connectivity index (χ4n) is 3.19. The molecule has 0 aromatic heterocycles. The summed E-state index contributed by atoms with van der Waals surface area (Å²) in [5, 5.41) is 3.55. The quantitative estimate of drug-likeness (QED) is 0.866. The zero-order valence-electron chi connectivity index (χ0n) is 15.0. The van der Waals surface area contributed by atoms with Crippen LogP contribution < -0.4 is 5.32 Å². The highest BCUT2D eigenvalue weighted by Crippen LogP contribution is 2.22. The molecule has 1 aromatic rings. The number of halogens is 1. The summed E-state index contributed by atoms with van der Waals surface area (Å²) in [4.78, 5) is 30.6. The van der Waals surface area contributed by atoms with E-state index in [4.69, 9.17) is 16.3 Å². The number of carbonyl (C=O) groups excluding carboxylic acids is 2. The number of ether oxygens (including phenoxy) is 1. The van der Waals surface area contributed by atoms with E-state index in [1.807, 2.05) is 28.9 Å². The van der Waals surface area contributed by atoms with Crippen LogP contribution in [0, 0.1) is 6.92 Å². The smallest absolute Gasteiger partial charge is 0.320 e. The molecular formula is C18H25ClN4O3. The molecule has 2 heterocycles. The van der Waals surface area contributed by atoms with Gasteiger partial charge in [-0.15, -0.1) is 0 Å². The molecular weight excluding hydrogens is 356 g/mol. The van der Waals surface area contributed by atoms with Gasteiger partial charge in [-0.2, -0.15) is 0 Å². The van der Waals surface area contributed by atoms with Crippen molar-refractivity contribution in [1.82, 2.24) is 14.7 Å². The minimum Gasteiger partial charge on any atom is -0.378 e. The molecule has 0 radical (unpaired) electrons. The second-order valence-electron chi connectivity index (χ2n) is 6.61. The average Bonchev–Trinajstić information content (AvgIpc) is 2.66. The van der Waals surface area contributed by atoms with Crippen LogP contribution in [0.25, 0.3) is 0 Å². The molecule has 1 N–H and O–H groups in total. The van der Waals surface area contributed by atoms with Crippen molar-refractivity contribution in [1.29, 1.82) is 0 Å². The summed E-state index contributed by atoms with van der Waals surface area (Å²) in [6, 6.07) is 5.54. The van der Waals surface area contributed by atoms with Gasteiger partial charge in [-0.25, -0.2) is 4.79 Å². The van der Waals surface area contributed by atoms with Crippen molar-refractivity contribution in [3.8, 4) is 0 Å². The van der Waals surface area contributed by atoms with Crippen molar-refractivity contribution in [2.75, 3.05) is 64.3 Å². The number of anilines is 1. The van der Waals surface area contributed by atoms with Gasteiger partial charge in [-0.05, 0) is 24.6 Å². The number of benzene rings is 1. The van der Waals surface area contributed by atoms with Crippen LogP contribution in [0.5, 0.6) is 0 Å². The van der Waals surface area contributed by atoms with E-state index in [2.05, 4.69) is 10.2 Å². The van der Waals surface area contributed by atoms with Gasteiger partial charge in [-0.3, -0.25) is 9.69 Å². The number of hydrogen-bond acceptors (Lipinski definition) is 4. The summed E-state index contributed by atoms with van der Waals surface area (Å²) >= 11 is 6.09. The van der Waals surface area contributed by atoms with Crippen LogP contribution in [0.1, 0.15) is 5.56 Å². The third-order valence-corrected chi connectivity index (χ3v) is 5.24. The first-order valence-electron chi connectivity index (χ1n) is 8.93. The lowest BCUT2D eigenvalue weighted by molar-refractivity contribution is -0.117. The number of urea groups is 1. The Morgan fingerprint density at radius 2 is 1.73 bits per heavy atom. The van der Waals surface area contributed by atoms with E-state index in [-0.39, 0.29) is 11.9 Å². The minimum atomic E-state index is -0.0664. The molecule has 2 aliphatic heterocycles. The molecule has 26 heavy (non-hydrogen) atoms. The Bertz CT molecular complexity index is 656. The summed E-state index contributed by atoms with van der Waals surface area (Å²) < 4.78 is 5.29. The highest BCUT2D eigenvalue weighted by Gasteiger charge is 2.27. The van der Waals surface area contributed by atoms with Gasteiger partial charge in [0.15, 0.2) is 0 Å². The Labute approximate surface area is 158 Å². The Morgan fingerprint density at radius 1 is 1.08 bits per heavy atom. The molecule has 0 spiro atoms. The predicted octanol–water partition coefficient (Wildman–Crippen LogP) is 1.66.